The van der Waals surface area contributed by atoms with Gasteiger partial charge in [0.15, 0.2) is 0 Å². The molecule has 2 rings (SSSR count). The minimum absolute atomic E-state index is 0.0820. The van der Waals surface area contributed by atoms with Gasteiger partial charge >= 0.3 is 0 Å². The van der Waals surface area contributed by atoms with Crippen LogP contribution in [0.4, 0.5) is 4.39 Å². The number of primary amides is 1. The summed E-state index contributed by atoms with van der Waals surface area (Å²) in [6.07, 6.45) is 2.27. The fourth-order valence-electron chi connectivity index (χ4n) is 2.31. The Morgan fingerprint density at radius 1 is 1.21 bits per heavy atom. The molecule has 0 spiro atoms. The summed E-state index contributed by atoms with van der Waals surface area (Å²) in [7, 11) is -3.88. The fourth-order valence-corrected chi connectivity index (χ4v) is 3.74. The molecule has 3 N–H and O–H groups in total. The van der Waals surface area contributed by atoms with Crippen molar-refractivity contribution in [2.24, 2.45) is 5.73 Å². The smallest absolute Gasteiger partial charge is 0.241 e. The summed E-state index contributed by atoms with van der Waals surface area (Å²) in [5.41, 5.74) is 4.10. The maximum absolute atomic E-state index is 12.8. The number of amides is 1. The van der Waals surface area contributed by atoms with Crippen molar-refractivity contribution in [1.82, 2.24) is 4.72 Å². The summed E-state index contributed by atoms with van der Waals surface area (Å²) >= 11 is 0. The lowest BCUT2D eigenvalue weighted by Crippen LogP contribution is -2.55. The van der Waals surface area contributed by atoms with E-state index in [9.17, 15) is 17.6 Å². The Bertz CT molecular complexity index is 577. The molecule has 1 fully saturated rings. The molecule has 1 aliphatic rings. The maximum atomic E-state index is 12.8. The van der Waals surface area contributed by atoms with E-state index in [1.54, 1.807) is 0 Å². The van der Waals surface area contributed by atoms with Gasteiger partial charge in [0.2, 0.25) is 15.9 Å². The van der Waals surface area contributed by atoms with Crippen LogP contribution >= 0.6 is 0 Å². The molecule has 7 heteroatoms. The van der Waals surface area contributed by atoms with Gasteiger partial charge in [0.25, 0.3) is 0 Å². The van der Waals surface area contributed by atoms with E-state index in [1.807, 2.05) is 0 Å². The predicted octanol–water partition coefficient (Wildman–Crippen LogP) is 0.902. The van der Waals surface area contributed by atoms with E-state index < -0.39 is 27.3 Å². The van der Waals surface area contributed by atoms with Gasteiger partial charge in [-0.2, -0.15) is 4.72 Å². The molecular weight excluding hydrogens is 271 g/mol. The Balaban J connectivity index is 2.30. The first-order valence-electron chi connectivity index (χ1n) is 5.95. The highest BCUT2D eigenvalue weighted by Crippen LogP contribution is 2.31. The number of rotatable bonds is 4. The summed E-state index contributed by atoms with van der Waals surface area (Å²) in [6, 6.07) is 4.42. The Hall–Kier alpha value is -1.47. The van der Waals surface area contributed by atoms with Crippen LogP contribution < -0.4 is 10.5 Å². The number of hydrogen-bond acceptors (Lipinski definition) is 3. The van der Waals surface area contributed by atoms with Crippen LogP contribution in [0.5, 0.6) is 0 Å². The van der Waals surface area contributed by atoms with Gasteiger partial charge < -0.3 is 5.73 Å². The van der Waals surface area contributed by atoms with Gasteiger partial charge in [-0.25, -0.2) is 12.8 Å². The van der Waals surface area contributed by atoms with E-state index in [-0.39, 0.29) is 4.90 Å². The Labute approximate surface area is 111 Å². The van der Waals surface area contributed by atoms with Gasteiger partial charge in [-0.05, 0) is 37.1 Å². The summed E-state index contributed by atoms with van der Waals surface area (Å²) in [4.78, 5) is 11.4. The first kappa shape index (κ1) is 14.0. The van der Waals surface area contributed by atoms with Crippen molar-refractivity contribution in [2.75, 3.05) is 0 Å². The second kappa shape index (κ2) is 4.90. The molecular formula is C12H15FN2O3S. The molecule has 104 valence electrons. The maximum Gasteiger partial charge on any atom is 0.241 e. The van der Waals surface area contributed by atoms with Crippen LogP contribution in [0.25, 0.3) is 0 Å². The van der Waals surface area contributed by atoms with Crippen LogP contribution in [-0.2, 0) is 14.8 Å². The third-order valence-corrected chi connectivity index (χ3v) is 4.93. The highest BCUT2D eigenvalue weighted by atomic mass is 32.2. The number of carbonyl (C=O) groups excluding carboxylic acids is 1. The number of benzene rings is 1. The van der Waals surface area contributed by atoms with Crippen molar-refractivity contribution in [3.05, 3.63) is 30.1 Å². The van der Waals surface area contributed by atoms with Crippen LogP contribution in [0.1, 0.15) is 25.7 Å². The van der Waals surface area contributed by atoms with Crippen LogP contribution in [-0.4, -0.2) is 19.9 Å². The predicted molar refractivity (Wildman–Crippen MR) is 67.1 cm³/mol. The molecule has 1 saturated carbocycles. The molecule has 19 heavy (non-hydrogen) atoms. The van der Waals surface area contributed by atoms with E-state index in [0.717, 1.165) is 37.1 Å². The first-order chi connectivity index (χ1) is 8.86. The molecule has 0 atom stereocenters. The van der Waals surface area contributed by atoms with Crippen LogP contribution in [0.2, 0.25) is 0 Å². The van der Waals surface area contributed by atoms with E-state index in [0.29, 0.717) is 12.8 Å². The van der Waals surface area contributed by atoms with Crippen LogP contribution in [0.15, 0.2) is 29.2 Å². The molecule has 1 amide bonds. The standard InChI is InChI=1S/C12H15FN2O3S/c13-9-3-5-10(6-4-9)19(17,18)15-12(11(14)16)7-1-2-8-12/h3-6,15H,1-2,7-8H2,(H2,14,16). The highest BCUT2D eigenvalue weighted by Gasteiger charge is 2.43. The quantitative estimate of drug-likeness (QED) is 0.862. The van der Waals surface area contributed by atoms with Gasteiger partial charge in [0, 0.05) is 0 Å². The number of halogens is 1. The molecule has 1 aromatic carbocycles. The summed E-state index contributed by atoms with van der Waals surface area (Å²) < 4.78 is 39.5. The van der Waals surface area contributed by atoms with Crippen LogP contribution in [0.3, 0.4) is 0 Å². The third kappa shape index (κ3) is 2.76. The first-order valence-corrected chi connectivity index (χ1v) is 7.44. The van der Waals surface area contributed by atoms with Crippen LogP contribution in [0, 0.1) is 5.82 Å². The lowest BCUT2D eigenvalue weighted by molar-refractivity contribution is -0.123. The van der Waals surface area contributed by atoms with Crippen molar-refractivity contribution < 1.29 is 17.6 Å². The van der Waals surface area contributed by atoms with Gasteiger partial charge in [0.1, 0.15) is 11.4 Å². The molecule has 0 aromatic heterocycles. The molecule has 0 heterocycles. The number of hydrogen-bond donors (Lipinski definition) is 2. The summed E-state index contributed by atoms with van der Waals surface area (Å²) in [6.45, 7) is 0. The number of sulfonamides is 1. The zero-order chi connectivity index (χ0) is 14.1. The second-order valence-electron chi connectivity index (χ2n) is 4.71. The van der Waals surface area contributed by atoms with Crippen molar-refractivity contribution in [1.29, 1.82) is 0 Å². The normalized spacial score (nSPS) is 18.4. The Kier molecular flexibility index (Phi) is 3.60. The topological polar surface area (TPSA) is 89.3 Å². The van der Waals surface area contributed by atoms with Crippen molar-refractivity contribution >= 4 is 15.9 Å². The molecule has 1 aliphatic carbocycles. The SMILES string of the molecule is NC(=O)C1(NS(=O)(=O)c2ccc(F)cc2)CCCC1. The zero-order valence-electron chi connectivity index (χ0n) is 10.2. The largest absolute Gasteiger partial charge is 0.368 e. The average Bonchev–Trinajstić information content (AvgIpc) is 2.78. The Morgan fingerprint density at radius 3 is 2.21 bits per heavy atom. The molecule has 0 saturated heterocycles. The summed E-state index contributed by atoms with van der Waals surface area (Å²) in [5, 5.41) is 0. The van der Waals surface area contributed by atoms with E-state index in [4.69, 9.17) is 5.73 Å². The lowest BCUT2D eigenvalue weighted by Gasteiger charge is -2.26. The molecule has 1 aromatic rings. The van der Waals surface area contributed by atoms with E-state index in [1.165, 1.54) is 0 Å². The zero-order valence-corrected chi connectivity index (χ0v) is 11.0. The monoisotopic (exact) mass is 286 g/mol. The minimum atomic E-state index is -3.88. The number of nitrogens with two attached hydrogens (primary N) is 1. The number of nitrogens with one attached hydrogen (secondary N) is 1. The molecule has 0 radical (unpaired) electrons. The van der Waals surface area contributed by atoms with Gasteiger partial charge in [-0.1, -0.05) is 12.8 Å². The van der Waals surface area contributed by atoms with Gasteiger partial charge in [0.05, 0.1) is 4.90 Å². The second-order valence-corrected chi connectivity index (χ2v) is 6.40. The van der Waals surface area contributed by atoms with Gasteiger partial charge in [-0.15, -0.1) is 0 Å². The summed E-state index contributed by atoms with van der Waals surface area (Å²) in [5.74, 6) is -1.19. The molecule has 0 bridgehead atoms. The third-order valence-electron chi connectivity index (χ3n) is 3.38. The molecule has 0 unspecified atom stereocenters. The van der Waals surface area contributed by atoms with Crippen molar-refractivity contribution in [3.8, 4) is 0 Å². The number of carbonyl (C=O) groups is 1. The van der Waals surface area contributed by atoms with E-state index in [2.05, 4.69) is 4.72 Å². The minimum Gasteiger partial charge on any atom is -0.368 e. The molecule has 0 aliphatic heterocycles. The lowest BCUT2D eigenvalue weighted by atomic mass is 9.99. The highest BCUT2D eigenvalue weighted by molar-refractivity contribution is 7.89. The fraction of sp³-hybridized carbons (Fsp3) is 0.417. The average molecular weight is 286 g/mol. The van der Waals surface area contributed by atoms with E-state index >= 15 is 0 Å². The Morgan fingerprint density at radius 2 is 1.74 bits per heavy atom. The molecule has 5 nitrogen and oxygen atoms in total. The van der Waals surface area contributed by atoms with Crippen molar-refractivity contribution in [2.45, 2.75) is 36.1 Å². The van der Waals surface area contributed by atoms with Crippen molar-refractivity contribution in [3.63, 3.8) is 0 Å². The van der Waals surface area contributed by atoms with Gasteiger partial charge in [-0.3, -0.25) is 4.79 Å².